The van der Waals surface area contributed by atoms with Crippen LogP contribution in [0.1, 0.15) is 46.0 Å². The minimum atomic E-state index is -0.154. The summed E-state index contributed by atoms with van der Waals surface area (Å²) in [5, 5.41) is 9.24. The Morgan fingerprint density at radius 3 is 2.67 bits per heavy atom. The molecule has 2 rings (SSSR count). The third-order valence-electron chi connectivity index (χ3n) is 4.85. The highest BCUT2D eigenvalue weighted by Gasteiger charge is 2.30. The van der Waals surface area contributed by atoms with E-state index >= 15 is 0 Å². The molecular formula is C16H30N2O3. The van der Waals surface area contributed by atoms with E-state index in [1.807, 2.05) is 0 Å². The van der Waals surface area contributed by atoms with E-state index in [9.17, 15) is 9.90 Å². The molecule has 2 fully saturated rings. The van der Waals surface area contributed by atoms with Gasteiger partial charge in [-0.3, -0.25) is 9.69 Å². The van der Waals surface area contributed by atoms with E-state index in [0.29, 0.717) is 25.7 Å². The molecule has 122 valence electrons. The first-order valence-electron chi connectivity index (χ1n) is 8.41. The van der Waals surface area contributed by atoms with Crippen LogP contribution in [0.2, 0.25) is 0 Å². The number of rotatable bonds is 5. The van der Waals surface area contributed by atoms with Gasteiger partial charge in [0, 0.05) is 25.2 Å². The Labute approximate surface area is 128 Å². The van der Waals surface area contributed by atoms with Gasteiger partial charge in [-0.2, -0.15) is 0 Å². The van der Waals surface area contributed by atoms with Crippen LogP contribution in [0.25, 0.3) is 0 Å². The number of amides is 1. The molecule has 0 aromatic heterocycles. The Hall–Kier alpha value is -0.650. The van der Waals surface area contributed by atoms with Gasteiger partial charge in [-0.25, -0.2) is 0 Å². The van der Waals surface area contributed by atoms with Gasteiger partial charge in [0.2, 0.25) is 5.91 Å². The highest BCUT2D eigenvalue weighted by atomic mass is 16.5. The Kier molecular flexibility index (Phi) is 6.45. The summed E-state index contributed by atoms with van der Waals surface area (Å²) in [5.74, 6) is 0.231. The van der Waals surface area contributed by atoms with Gasteiger partial charge >= 0.3 is 0 Å². The number of likely N-dealkylation sites (N-methyl/N-ethyl adjacent to an activating group) is 1. The zero-order chi connectivity index (χ0) is 15.2. The SMILES string of the molecule is CCN(C(=O)CN1CC(CO)OCC1C)C1CCCCC1. The number of nitrogens with zero attached hydrogens (tertiary/aromatic N) is 2. The first-order valence-corrected chi connectivity index (χ1v) is 8.41. The number of morpholine rings is 1. The van der Waals surface area contributed by atoms with Crippen molar-refractivity contribution in [2.75, 3.05) is 32.8 Å². The number of aliphatic hydroxyl groups excluding tert-OH is 1. The van der Waals surface area contributed by atoms with Crippen molar-refractivity contribution in [1.82, 2.24) is 9.80 Å². The Morgan fingerprint density at radius 2 is 2.05 bits per heavy atom. The van der Waals surface area contributed by atoms with Crippen LogP contribution in [0.4, 0.5) is 0 Å². The smallest absolute Gasteiger partial charge is 0.236 e. The molecule has 1 amide bonds. The Morgan fingerprint density at radius 1 is 1.33 bits per heavy atom. The molecule has 2 unspecified atom stereocenters. The van der Waals surface area contributed by atoms with Gasteiger partial charge in [-0.1, -0.05) is 19.3 Å². The first-order chi connectivity index (χ1) is 10.2. The van der Waals surface area contributed by atoms with Crippen LogP contribution < -0.4 is 0 Å². The first kappa shape index (κ1) is 16.7. The van der Waals surface area contributed by atoms with Crippen molar-refractivity contribution in [3.63, 3.8) is 0 Å². The second-order valence-electron chi connectivity index (χ2n) is 6.39. The number of hydrogen-bond acceptors (Lipinski definition) is 4. The number of carbonyl (C=O) groups excluding carboxylic acids is 1. The molecule has 1 aliphatic heterocycles. The van der Waals surface area contributed by atoms with Crippen molar-refractivity contribution in [1.29, 1.82) is 0 Å². The van der Waals surface area contributed by atoms with Crippen molar-refractivity contribution in [3.05, 3.63) is 0 Å². The van der Waals surface area contributed by atoms with Crippen LogP contribution in [0, 0.1) is 0 Å². The van der Waals surface area contributed by atoms with E-state index in [4.69, 9.17) is 4.74 Å². The number of carbonyl (C=O) groups is 1. The summed E-state index contributed by atoms with van der Waals surface area (Å²) >= 11 is 0. The number of ether oxygens (including phenoxy) is 1. The van der Waals surface area contributed by atoms with Crippen LogP contribution >= 0.6 is 0 Å². The summed E-state index contributed by atoms with van der Waals surface area (Å²) in [6.07, 6.45) is 5.94. The predicted molar refractivity (Wildman–Crippen MR) is 82.1 cm³/mol. The molecule has 1 heterocycles. The van der Waals surface area contributed by atoms with E-state index in [0.717, 1.165) is 19.4 Å². The molecule has 1 N–H and O–H groups in total. The molecule has 5 heteroatoms. The number of aliphatic hydroxyl groups is 1. The summed E-state index contributed by atoms with van der Waals surface area (Å²) in [7, 11) is 0. The van der Waals surface area contributed by atoms with Crippen molar-refractivity contribution in [3.8, 4) is 0 Å². The van der Waals surface area contributed by atoms with E-state index < -0.39 is 0 Å². The molecule has 1 saturated heterocycles. The van der Waals surface area contributed by atoms with E-state index in [1.165, 1.54) is 19.3 Å². The molecule has 0 bridgehead atoms. The average molecular weight is 298 g/mol. The molecule has 5 nitrogen and oxygen atoms in total. The second kappa shape index (κ2) is 8.11. The van der Waals surface area contributed by atoms with Gasteiger partial charge in [0.05, 0.1) is 25.9 Å². The minimum Gasteiger partial charge on any atom is -0.394 e. The Balaban J connectivity index is 1.91. The molecule has 0 spiro atoms. The molecule has 1 saturated carbocycles. The topological polar surface area (TPSA) is 53.0 Å². The minimum absolute atomic E-state index is 0.0253. The lowest BCUT2D eigenvalue weighted by Crippen LogP contribution is -2.54. The predicted octanol–water partition coefficient (Wildman–Crippen LogP) is 1.25. The molecular weight excluding hydrogens is 268 g/mol. The summed E-state index contributed by atoms with van der Waals surface area (Å²) in [4.78, 5) is 16.9. The van der Waals surface area contributed by atoms with E-state index in [1.54, 1.807) is 0 Å². The lowest BCUT2D eigenvalue weighted by Gasteiger charge is -2.39. The molecule has 0 radical (unpaired) electrons. The van der Waals surface area contributed by atoms with E-state index in [-0.39, 0.29) is 24.7 Å². The maximum Gasteiger partial charge on any atom is 0.236 e. The van der Waals surface area contributed by atoms with Gasteiger partial charge < -0.3 is 14.7 Å². The van der Waals surface area contributed by atoms with Gasteiger partial charge in [0.25, 0.3) is 0 Å². The summed E-state index contributed by atoms with van der Waals surface area (Å²) in [5.41, 5.74) is 0. The van der Waals surface area contributed by atoms with Crippen molar-refractivity contribution in [2.45, 2.75) is 64.1 Å². The second-order valence-corrected chi connectivity index (χ2v) is 6.39. The molecule has 0 aromatic rings. The van der Waals surface area contributed by atoms with Gasteiger partial charge in [-0.15, -0.1) is 0 Å². The van der Waals surface area contributed by atoms with Crippen molar-refractivity contribution in [2.24, 2.45) is 0 Å². The maximum absolute atomic E-state index is 12.7. The monoisotopic (exact) mass is 298 g/mol. The summed E-state index contributed by atoms with van der Waals surface area (Å²) in [6, 6.07) is 0.669. The fraction of sp³-hybridized carbons (Fsp3) is 0.938. The maximum atomic E-state index is 12.7. The lowest BCUT2D eigenvalue weighted by molar-refractivity contribution is -0.140. The fourth-order valence-corrected chi connectivity index (χ4v) is 3.50. The molecule has 2 aliphatic rings. The zero-order valence-electron chi connectivity index (χ0n) is 13.5. The molecule has 1 aliphatic carbocycles. The molecule has 21 heavy (non-hydrogen) atoms. The normalized spacial score (nSPS) is 28.5. The van der Waals surface area contributed by atoms with Crippen LogP contribution in [-0.2, 0) is 9.53 Å². The zero-order valence-corrected chi connectivity index (χ0v) is 13.5. The fourth-order valence-electron chi connectivity index (χ4n) is 3.50. The standard InChI is InChI=1S/C16H30N2O3/c1-3-18(14-7-5-4-6-8-14)16(20)10-17-9-15(11-19)21-12-13(17)2/h13-15,19H,3-12H2,1-2H3. The summed E-state index contributed by atoms with van der Waals surface area (Å²) < 4.78 is 5.54. The van der Waals surface area contributed by atoms with Crippen molar-refractivity contribution < 1.29 is 14.6 Å². The highest BCUT2D eigenvalue weighted by Crippen LogP contribution is 2.23. The van der Waals surface area contributed by atoms with Gasteiger partial charge in [0.1, 0.15) is 0 Å². The molecule has 0 aromatic carbocycles. The quantitative estimate of drug-likeness (QED) is 0.830. The summed E-state index contributed by atoms with van der Waals surface area (Å²) in [6.45, 7) is 6.66. The molecule has 2 atom stereocenters. The third kappa shape index (κ3) is 4.41. The van der Waals surface area contributed by atoms with E-state index in [2.05, 4.69) is 23.6 Å². The highest BCUT2D eigenvalue weighted by molar-refractivity contribution is 5.78. The van der Waals surface area contributed by atoms with Crippen LogP contribution in [-0.4, -0.2) is 71.8 Å². The Bertz CT molecular complexity index is 331. The van der Waals surface area contributed by atoms with Crippen molar-refractivity contribution >= 4 is 5.91 Å². The number of hydrogen-bond donors (Lipinski definition) is 1. The third-order valence-corrected chi connectivity index (χ3v) is 4.85. The van der Waals surface area contributed by atoms with Crippen LogP contribution in [0.5, 0.6) is 0 Å². The largest absolute Gasteiger partial charge is 0.394 e. The average Bonchev–Trinajstić information content (AvgIpc) is 2.51. The van der Waals surface area contributed by atoms with Crippen LogP contribution in [0.3, 0.4) is 0 Å². The van der Waals surface area contributed by atoms with Gasteiger partial charge in [-0.05, 0) is 26.7 Å². The van der Waals surface area contributed by atoms with Crippen LogP contribution in [0.15, 0.2) is 0 Å². The van der Waals surface area contributed by atoms with Gasteiger partial charge in [0.15, 0.2) is 0 Å². The lowest BCUT2D eigenvalue weighted by atomic mass is 9.94.